The van der Waals surface area contributed by atoms with Gasteiger partial charge in [-0.25, -0.2) is 0 Å². The summed E-state index contributed by atoms with van der Waals surface area (Å²) in [6.07, 6.45) is 3.84. The van der Waals surface area contributed by atoms with Crippen molar-refractivity contribution in [1.29, 1.82) is 0 Å². The van der Waals surface area contributed by atoms with Crippen molar-refractivity contribution in [2.45, 2.75) is 26.2 Å². The Hall–Kier alpha value is -0.730. The standard InChI is InChI=1S/C14H21NO.ClH/c1-2-16-14-7-3-5-12(10-14)9-13-6-4-8-15-11-13;/h3,5,7,10,13,15H,2,4,6,8-9,11H2,1H3;1H. The molecular formula is C14H22ClNO. The van der Waals surface area contributed by atoms with Gasteiger partial charge in [0.1, 0.15) is 5.75 Å². The zero-order valence-corrected chi connectivity index (χ0v) is 11.3. The lowest BCUT2D eigenvalue weighted by Crippen LogP contribution is -2.30. The van der Waals surface area contributed by atoms with Gasteiger partial charge in [-0.15, -0.1) is 12.4 Å². The Morgan fingerprint density at radius 3 is 3.00 bits per heavy atom. The van der Waals surface area contributed by atoms with Gasteiger partial charge in [-0.05, 0) is 62.9 Å². The summed E-state index contributed by atoms with van der Waals surface area (Å²) in [5.74, 6) is 1.80. The fraction of sp³-hybridized carbons (Fsp3) is 0.571. The second kappa shape index (κ2) is 7.57. The number of hydrogen-bond donors (Lipinski definition) is 1. The Labute approximate surface area is 110 Å². The number of ether oxygens (including phenoxy) is 1. The molecular weight excluding hydrogens is 234 g/mol. The summed E-state index contributed by atoms with van der Waals surface area (Å²) < 4.78 is 5.52. The average Bonchev–Trinajstić information content (AvgIpc) is 2.31. The van der Waals surface area contributed by atoms with Gasteiger partial charge >= 0.3 is 0 Å². The van der Waals surface area contributed by atoms with Crippen LogP contribution in [-0.2, 0) is 6.42 Å². The van der Waals surface area contributed by atoms with Crippen LogP contribution in [0.1, 0.15) is 25.3 Å². The van der Waals surface area contributed by atoms with E-state index in [9.17, 15) is 0 Å². The van der Waals surface area contributed by atoms with Gasteiger partial charge < -0.3 is 10.1 Å². The molecule has 17 heavy (non-hydrogen) atoms. The summed E-state index contributed by atoms with van der Waals surface area (Å²) >= 11 is 0. The third-order valence-corrected chi connectivity index (χ3v) is 3.13. The fourth-order valence-electron chi connectivity index (χ4n) is 2.36. The van der Waals surface area contributed by atoms with Crippen molar-refractivity contribution >= 4 is 12.4 Å². The highest BCUT2D eigenvalue weighted by atomic mass is 35.5. The molecule has 2 nitrogen and oxygen atoms in total. The Balaban J connectivity index is 0.00000144. The van der Waals surface area contributed by atoms with Crippen molar-refractivity contribution in [2.75, 3.05) is 19.7 Å². The highest BCUT2D eigenvalue weighted by Gasteiger charge is 2.13. The van der Waals surface area contributed by atoms with Gasteiger partial charge in [-0.3, -0.25) is 0 Å². The molecule has 1 aromatic rings. The topological polar surface area (TPSA) is 21.3 Å². The predicted molar refractivity (Wildman–Crippen MR) is 74.2 cm³/mol. The van der Waals surface area contributed by atoms with Crippen molar-refractivity contribution in [2.24, 2.45) is 5.92 Å². The lowest BCUT2D eigenvalue weighted by Gasteiger charge is -2.22. The number of halogens is 1. The van der Waals surface area contributed by atoms with Crippen LogP contribution in [0.3, 0.4) is 0 Å². The van der Waals surface area contributed by atoms with Gasteiger partial charge in [0.2, 0.25) is 0 Å². The number of benzene rings is 1. The van der Waals surface area contributed by atoms with E-state index >= 15 is 0 Å². The monoisotopic (exact) mass is 255 g/mol. The van der Waals surface area contributed by atoms with Crippen LogP contribution in [-0.4, -0.2) is 19.7 Å². The van der Waals surface area contributed by atoms with Crippen molar-refractivity contribution in [3.05, 3.63) is 29.8 Å². The SMILES string of the molecule is CCOc1cccc(CC2CCCNC2)c1.Cl. The van der Waals surface area contributed by atoms with E-state index in [-0.39, 0.29) is 12.4 Å². The second-order valence-corrected chi connectivity index (χ2v) is 4.50. The largest absolute Gasteiger partial charge is 0.494 e. The van der Waals surface area contributed by atoms with Crippen molar-refractivity contribution in [3.8, 4) is 5.75 Å². The molecule has 0 amide bonds. The summed E-state index contributed by atoms with van der Waals surface area (Å²) in [4.78, 5) is 0. The molecule has 1 unspecified atom stereocenters. The molecule has 0 aliphatic carbocycles. The molecule has 1 aliphatic rings. The van der Waals surface area contributed by atoms with Crippen LogP contribution in [0, 0.1) is 5.92 Å². The molecule has 1 heterocycles. The van der Waals surface area contributed by atoms with E-state index in [1.54, 1.807) is 0 Å². The summed E-state index contributed by atoms with van der Waals surface area (Å²) in [5.41, 5.74) is 1.40. The molecule has 0 radical (unpaired) electrons. The molecule has 3 heteroatoms. The first kappa shape index (κ1) is 14.3. The highest BCUT2D eigenvalue weighted by molar-refractivity contribution is 5.85. The summed E-state index contributed by atoms with van der Waals surface area (Å²) in [6.45, 7) is 5.13. The van der Waals surface area contributed by atoms with Gasteiger partial charge in [0.25, 0.3) is 0 Å². The maximum absolute atomic E-state index is 5.52. The van der Waals surface area contributed by atoms with Gasteiger partial charge in [0, 0.05) is 0 Å². The third-order valence-electron chi connectivity index (χ3n) is 3.13. The first-order valence-corrected chi connectivity index (χ1v) is 6.31. The second-order valence-electron chi connectivity index (χ2n) is 4.50. The normalized spacial score (nSPS) is 19.5. The molecule has 0 aromatic heterocycles. The Morgan fingerprint density at radius 2 is 2.29 bits per heavy atom. The molecule has 1 aliphatic heterocycles. The van der Waals surface area contributed by atoms with Gasteiger partial charge in [-0.2, -0.15) is 0 Å². The van der Waals surface area contributed by atoms with Crippen molar-refractivity contribution in [3.63, 3.8) is 0 Å². The number of piperidine rings is 1. The van der Waals surface area contributed by atoms with Gasteiger partial charge in [0.15, 0.2) is 0 Å². The number of rotatable bonds is 4. The molecule has 0 spiro atoms. The molecule has 1 fully saturated rings. The van der Waals surface area contributed by atoms with Crippen LogP contribution >= 0.6 is 12.4 Å². The van der Waals surface area contributed by atoms with E-state index in [1.165, 1.54) is 37.9 Å². The lowest BCUT2D eigenvalue weighted by atomic mass is 9.92. The molecule has 0 saturated carbocycles. The minimum Gasteiger partial charge on any atom is -0.494 e. The van der Waals surface area contributed by atoms with E-state index in [0.717, 1.165) is 18.3 Å². The zero-order chi connectivity index (χ0) is 11.2. The molecule has 1 N–H and O–H groups in total. The predicted octanol–water partition coefficient (Wildman–Crippen LogP) is 3.05. The van der Waals surface area contributed by atoms with Gasteiger partial charge in [0.05, 0.1) is 6.61 Å². The highest BCUT2D eigenvalue weighted by Crippen LogP contribution is 2.19. The van der Waals surface area contributed by atoms with E-state index in [4.69, 9.17) is 4.74 Å². The lowest BCUT2D eigenvalue weighted by molar-refractivity contribution is 0.338. The summed E-state index contributed by atoms with van der Waals surface area (Å²) in [5, 5.41) is 3.46. The first-order chi connectivity index (χ1) is 7.88. The van der Waals surface area contributed by atoms with E-state index < -0.39 is 0 Å². The quantitative estimate of drug-likeness (QED) is 0.893. The van der Waals surface area contributed by atoms with Crippen LogP contribution in [0.5, 0.6) is 5.75 Å². The Morgan fingerprint density at radius 1 is 1.41 bits per heavy atom. The minimum absolute atomic E-state index is 0. The van der Waals surface area contributed by atoms with Crippen molar-refractivity contribution < 1.29 is 4.74 Å². The number of nitrogens with one attached hydrogen (secondary N) is 1. The van der Waals surface area contributed by atoms with Gasteiger partial charge in [-0.1, -0.05) is 12.1 Å². The Kier molecular flexibility index (Phi) is 6.38. The number of hydrogen-bond acceptors (Lipinski definition) is 2. The Bertz CT molecular complexity index is 324. The van der Waals surface area contributed by atoms with E-state index in [1.807, 2.05) is 13.0 Å². The van der Waals surface area contributed by atoms with Crippen LogP contribution in [0.25, 0.3) is 0 Å². The van der Waals surface area contributed by atoms with Crippen LogP contribution in [0.4, 0.5) is 0 Å². The fourth-order valence-corrected chi connectivity index (χ4v) is 2.36. The third kappa shape index (κ3) is 4.57. The van der Waals surface area contributed by atoms with Crippen molar-refractivity contribution in [1.82, 2.24) is 5.32 Å². The van der Waals surface area contributed by atoms with Crippen LogP contribution in [0.15, 0.2) is 24.3 Å². The summed E-state index contributed by atoms with van der Waals surface area (Å²) in [6, 6.07) is 8.51. The molecule has 96 valence electrons. The molecule has 2 rings (SSSR count). The smallest absolute Gasteiger partial charge is 0.119 e. The van der Waals surface area contributed by atoms with Crippen LogP contribution < -0.4 is 10.1 Å². The molecule has 0 bridgehead atoms. The molecule has 1 aromatic carbocycles. The molecule has 1 atom stereocenters. The average molecular weight is 256 g/mol. The van der Waals surface area contributed by atoms with Crippen LogP contribution in [0.2, 0.25) is 0 Å². The van der Waals surface area contributed by atoms with E-state index in [2.05, 4.69) is 23.5 Å². The van der Waals surface area contributed by atoms with E-state index in [0.29, 0.717) is 0 Å². The molecule has 1 saturated heterocycles. The zero-order valence-electron chi connectivity index (χ0n) is 10.4. The maximum atomic E-state index is 5.52. The minimum atomic E-state index is 0. The summed E-state index contributed by atoms with van der Waals surface area (Å²) in [7, 11) is 0. The first-order valence-electron chi connectivity index (χ1n) is 6.31. The maximum Gasteiger partial charge on any atom is 0.119 e.